The van der Waals surface area contributed by atoms with E-state index < -0.39 is 9.04 Å². The second-order valence-corrected chi connectivity index (χ2v) is 7.95. The molecular weight excluding hydrogens is 224 g/mol. The van der Waals surface area contributed by atoms with Gasteiger partial charge in [-0.15, -0.1) is 0 Å². The molecule has 0 saturated carbocycles. The van der Waals surface area contributed by atoms with E-state index in [0.717, 1.165) is 12.2 Å². The van der Waals surface area contributed by atoms with Gasteiger partial charge in [0.1, 0.15) is 0 Å². The molecule has 0 aliphatic heterocycles. The normalized spacial score (nSPS) is 14.8. The zero-order valence-corrected chi connectivity index (χ0v) is 12.4. The average Bonchev–Trinajstić information content (AvgIpc) is 2.55. The Kier molecular flexibility index (Phi) is 3.17. The number of rotatable bonds is 2. The maximum absolute atomic E-state index is 5.92. The molecule has 0 fully saturated rings. The molecule has 1 aromatic rings. The van der Waals surface area contributed by atoms with Crippen molar-refractivity contribution in [3.63, 3.8) is 0 Å². The monoisotopic (exact) mass is 245 g/mol. The minimum atomic E-state index is -0.650. The van der Waals surface area contributed by atoms with Crippen molar-refractivity contribution in [3.05, 3.63) is 40.6 Å². The van der Waals surface area contributed by atoms with Gasteiger partial charge in [0.05, 0.1) is 5.76 Å². The summed E-state index contributed by atoms with van der Waals surface area (Å²) >= 11 is 0. The van der Waals surface area contributed by atoms with Gasteiger partial charge < -0.3 is 4.43 Å². The fraction of sp³-hybridized carbons (Fsp3) is 0.467. The molecule has 0 N–H and O–H groups in total. The maximum Gasteiger partial charge on any atom is 0.273 e. The maximum atomic E-state index is 5.92. The van der Waals surface area contributed by atoms with Crippen LogP contribution >= 0.6 is 0 Å². The van der Waals surface area contributed by atoms with Gasteiger partial charge >= 0.3 is 0 Å². The third-order valence-corrected chi connectivity index (χ3v) is 3.68. The Morgan fingerprint density at radius 3 is 2.47 bits per heavy atom. The molecule has 1 aliphatic carbocycles. The highest BCUT2D eigenvalue weighted by atomic mass is 28.3. The van der Waals surface area contributed by atoms with E-state index in [2.05, 4.69) is 58.1 Å². The van der Waals surface area contributed by atoms with Crippen LogP contribution < -0.4 is 0 Å². The molecule has 1 aromatic carbocycles. The molecule has 1 aliphatic rings. The molecule has 2 rings (SSSR count). The summed E-state index contributed by atoms with van der Waals surface area (Å²) in [5.41, 5.74) is 4.42. The van der Waals surface area contributed by atoms with Crippen LogP contribution in [0.2, 0.25) is 13.1 Å². The zero-order chi connectivity index (χ0) is 12.6. The summed E-state index contributed by atoms with van der Waals surface area (Å²) in [6.07, 6.45) is 3.21. The van der Waals surface area contributed by atoms with Crippen LogP contribution in [0.15, 0.2) is 24.0 Å². The molecule has 0 bridgehead atoms. The second-order valence-electron chi connectivity index (χ2n) is 5.93. The molecule has 0 amide bonds. The molecule has 0 atom stereocenters. The van der Waals surface area contributed by atoms with Gasteiger partial charge in [0.2, 0.25) is 0 Å². The van der Waals surface area contributed by atoms with E-state index in [-0.39, 0.29) is 5.41 Å². The minimum absolute atomic E-state index is 0.198. The van der Waals surface area contributed by atoms with Crippen LogP contribution in [-0.4, -0.2) is 9.04 Å². The molecule has 91 valence electrons. The van der Waals surface area contributed by atoms with Crippen molar-refractivity contribution in [3.8, 4) is 0 Å². The van der Waals surface area contributed by atoms with Gasteiger partial charge in [0, 0.05) is 6.42 Å². The minimum Gasteiger partial charge on any atom is -0.545 e. The predicted octanol–water partition coefficient (Wildman–Crippen LogP) is 4.15. The Labute approximate surface area is 106 Å². The van der Waals surface area contributed by atoms with Crippen LogP contribution in [0.25, 0.3) is 6.08 Å². The van der Waals surface area contributed by atoms with Crippen molar-refractivity contribution in [2.24, 2.45) is 0 Å². The van der Waals surface area contributed by atoms with Crippen LogP contribution in [0.5, 0.6) is 0 Å². The number of hydrogen-bond donors (Lipinski definition) is 0. The number of fused-ring (bicyclic) bond motifs is 1. The molecule has 1 nitrogen and oxygen atoms in total. The Bertz CT molecular complexity index is 452. The van der Waals surface area contributed by atoms with E-state index >= 15 is 0 Å². The summed E-state index contributed by atoms with van der Waals surface area (Å²) in [7, 11) is -0.650. The van der Waals surface area contributed by atoms with Gasteiger partial charge in [-0.05, 0) is 41.3 Å². The molecule has 2 heteroatoms. The molecule has 0 heterocycles. The van der Waals surface area contributed by atoms with E-state index in [1.165, 1.54) is 16.7 Å². The van der Waals surface area contributed by atoms with Crippen LogP contribution in [0.1, 0.15) is 37.5 Å². The lowest BCUT2D eigenvalue weighted by molar-refractivity contribution is 0.436. The quantitative estimate of drug-likeness (QED) is 0.711. The largest absolute Gasteiger partial charge is 0.545 e. The third-order valence-electron chi connectivity index (χ3n) is 3.01. The van der Waals surface area contributed by atoms with Gasteiger partial charge in [0.15, 0.2) is 0 Å². The molecule has 0 unspecified atom stereocenters. The first-order valence-electron chi connectivity index (χ1n) is 6.19. The Balaban J connectivity index is 2.37. The first-order chi connectivity index (χ1) is 7.88. The fourth-order valence-electron chi connectivity index (χ4n) is 2.32. The predicted molar refractivity (Wildman–Crippen MR) is 75.4 cm³/mol. The fourth-order valence-corrected chi connectivity index (χ4v) is 2.97. The van der Waals surface area contributed by atoms with Crippen LogP contribution in [-0.2, 0) is 16.3 Å². The van der Waals surface area contributed by atoms with Crippen LogP contribution in [0, 0.1) is 0 Å². The summed E-state index contributed by atoms with van der Waals surface area (Å²) < 4.78 is 5.92. The van der Waals surface area contributed by atoms with E-state index in [1.54, 1.807) is 0 Å². The molecule has 17 heavy (non-hydrogen) atoms. The van der Waals surface area contributed by atoms with Gasteiger partial charge in [-0.2, -0.15) is 0 Å². The average molecular weight is 245 g/mol. The highest BCUT2D eigenvalue weighted by Gasteiger charge is 2.23. The topological polar surface area (TPSA) is 9.23 Å². The van der Waals surface area contributed by atoms with Gasteiger partial charge in [-0.25, -0.2) is 0 Å². The highest BCUT2D eigenvalue weighted by molar-refractivity contribution is 6.48. The third kappa shape index (κ3) is 2.63. The summed E-state index contributed by atoms with van der Waals surface area (Å²) in [5.74, 6) is 1.15. The molecule has 0 spiro atoms. The summed E-state index contributed by atoms with van der Waals surface area (Å²) in [5, 5.41) is 0. The Morgan fingerprint density at radius 1 is 1.18 bits per heavy atom. The highest BCUT2D eigenvalue weighted by Crippen LogP contribution is 2.34. The van der Waals surface area contributed by atoms with Gasteiger partial charge in [-0.1, -0.05) is 39.0 Å². The zero-order valence-electron chi connectivity index (χ0n) is 11.4. The number of hydrogen-bond acceptors (Lipinski definition) is 1. The molecule has 0 aromatic heterocycles. The van der Waals surface area contributed by atoms with Crippen LogP contribution in [0.4, 0.5) is 0 Å². The Hall–Kier alpha value is -1.02. The summed E-state index contributed by atoms with van der Waals surface area (Å²) in [6.45, 7) is 11.2. The van der Waals surface area contributed by atoms with E-state index in [0.29, 0.717) is 0 Å². The first kappa shape index (κ1) is 12.4. The van der Waals surface area contributed by atoms with Gasteiger partial charge in [-0.3, -0.25) is 0 Å². The first-order valence-corrected chi connectivity index (χ1v) is 8.59. The molecule has 0 saturated heterocycles. The van der Waals surface area contributed by atoms with Crippen molar-refractivity contribution in [2.45, 2.75) is 45.7 Å². The van der Waals surface area contributed by atoms with Gasteiger partial charge in [0.25, 0.3) is 9.04 Å². The lowest BCUT2D eigenvalue weighted by Crippen LogP contribution is -2.13. The summed E-state index contributed by atoms with van der Waals surface area (Å²) in [6, 6.07) is 6.62. The van der Waals surface area contributed by atoms with E-state index in [9.17, 15) is 0 Å². The van der Waals surface area contributed by atoms with Crippen molar-refractivity contribution < 1.29 is 4.43 Å². The molecule has 1 radical (unpaired) electrons. The lowest BCUT2D eigenvalue weighted by atomic mass is 9.83. The molecular formula is C15H21OSi. The van der Waals surface area contributed by atoms with E-state index in [1.807, 2.05) is 0 Å². The standard InChI is InChI=1S/C15H21OSi/c1-15(2,3)14-8-6-7-11-9-12(10-13(11)14)16-17(4)5/h6-8,10H,9H2,1-5H3. The SMILES string of the molecule is C[Si](C)OC1=Cc2c(cccc2C(C)(C)C)C1. The van der Waals surface area contributed by atoms with Crippen molar-refractivity contribution in [2.75, 3.05) is 0 Å². The Morgan fingerprint density at radius 2 is 1.88 bits per heavy atom. The number of allylic oxidation sites excluding steroid dienone is 1. The summed E-state index contributed by atoms with van der Waals surface area (Å²) in [4.78, 5) is 0. The smallest absolute Gasteiger partial charge is 0.273 e. The van der Waals surface area contributed by atoms with Crippen LogP contribution in [0.3, 0.4) is 0 Å². The van der Waals surface area contributed by atoms with E-state index in [4.69, 9.17) is 4.43 Å². The lowest BCUT2D eigenvalue weighted by Gasteiger charge is -2.21. The van der Waals surface area contributed by atoms with Crippen molar-refractivity contribution >= 4 is 15.1 Å². The second kappa shape index (κ2) is 4.34. The number of benzene rings is 1. The van der Waals surface area contributed by atoms with Crippen molar-refractivity contribution in [1.29, 1.82) is 0 Å². The van der Waals surface area contributed by atoms with Crippen molar-refractivity contribution in [1.82, 2.24) is 0 Å².